The predicted octanol–water partition coefficient (Wildman–Crippen LogP) is 0.486. The van der Waals surface area contributed by atoms with E-state index >= 15 is 0 Å². The number of anilines is 1. The van der Waals surface area contributed by atoms with Crippen molar-refractivity contribution in [1.29, 1.82) is 0 Å². The first kappa shape index (κ1) is 13.7. The van der Waals surface area contributed by atoms with Gasteiger partial charge in [-0.1, -0.05) is 0 Å². The van der Waals surface area contributed by atoms with Crippen LogP contribution in [0.4, 0.5) is 14.5 Å². The first-order valence-electron chi connectivity index (χ1n) is 6.15. The minimum atomic E-state index is -2.55. The second-order valence-corrected chi connectivity index (χ2v) is 4.24. The Morgan fingerprint density at radius 1 is 1.42 bits per heavy atom. The number of pyridine rings is 1. The van der Waals surface area contributed by atoms with Crippen molar-refractivity contribution in [1.82, 2.24) is 15.6 Å². The van der Waals surface area contributed by atoms with E-state index in [9.17, 15) is 13.6 Å². The Morgan fingerprint density at radius 2 is 2.16 bits per heavy atom. The van der Waals surface area contributed by atoms with E-state index < -0.39 is 18.9 Å². The van der Waals surface area contributed by atoms with Gasteiger partial charge in [-0.25, -0.2) is 13.8 Å². The van der Waals surface area contributed by atoms with E-state index in [0.717, 1.165) is 31.9 Å². The molecule has 0 radical (unpaired) electrons. The summed E-state index contributed by atoms with van der Waals surface area (Å²) in [6.45, 7) is 2.95. The van der Waals surface area contributed by atoms with Gasteiger partial charge >= 0.3 is 0 Å². The van der Waals surface area contributed by atoms with E-state index in [1.165, 1.54) is 0 Å². The lowest BCUT2D eigenvalue weighted by molar-refractivity contribution is 0.0887. The Bertz CT molecular complexity index is 418. The third-order valence-electron chi connectivity index (χ3n) is 2.88. The highest BCUT2D eigenvalue weighted by atomic mass is 19.3. The molecular formula is C12H16F2N4O. The summed E-state index contributed by atoms with van der Waals surface area (Å²) in [5.74, 6) is -0.577. The third kappa shape index (κ3) is 3.85. The number of rotatable bonds is 4. The molecule has 104 valence electrons. The van der Waals surface area contributed by atoms with Gasteiger partial charge in [-0.3, -0.25) is 4.79 Å². The maximum atomic E-state index is 12.0. The second kappa shape index (κ2) is 6.42. The summed E-state index contributed by atoms with van der Waals surface area (Å²) < 4.78 is 23.9. The molecule has 0 spiro atoms. The lowest BCUT2D eigenvalue weighted by atomic mass is 10.2. The molecule has 0 aliphatic carbocycles. The number of hydrogen-bond acceptors (Lipinski definition) is 4. The molecular weight excluding hydrogens is 254 g/mol. The molecule has 0 aromatic carbocycles. The summed E-state index contributed by atoms with van der Waals surface area (Å²) in [5.41, 5.74) is 1.09. The van der Waals surface area contributed by atoms with Gasteiger partial charge in [0.2, 0.25) is 0 Å². The largest absolute Gasteiger partial charge is 0.368 e. The second-order valence-electron chi connectivity index (χ2n) is 4.24. The van der Waals surface area contributed by atoms with Gasteiger partial charge in [0.05, 0.1) is 18.4 Å². The van der Waals surface area contributed by atoms with Crippen LogP contribution in [0.3, 0.4) is 0 Å². The zero-order valence-corrected chi connectivity index (χ0v) is 10.4. The van der Waals surface area contributed by atoms with Crippen molar-refractivity contribution in [2.75, 3.05) is 37.6 Å². The van der Waals surface area contributed by atoms with Crippen LogP contribution in [0.5, 0.6) is 0 Å². The van der Waals surface area contributed by atoms with Crippen LogP contribution in [0.2, 0.25) is 0 Å². The van der Waals surface area contributed by atoms with Crippen molar-refractivity contribution in [3.63, 3.8) is 0 Å². The number of carbonyl (C=O) groups excluding carboxylic acids is 1. The molecule has 7 heteroatoms. The van der Waals surface area contributed by atoms with Gasteiger partial charge in [-0.15, -0.1) is 0 Å². The number of alkyl halides is 2. The minimum Gasteiger partial charge on any atom is -0.368 e. The fourth-order valence-electron chi connectivity index (χ4n) is 1.89. The number of aromatic nitrogens is 1. The van der Waals surface area contributed by atoms with Gasteiger partial charge in [0.15, 0.2) is 0 Å². The molecule has 0 atom stereocenters. The molecule has 1 amide bonds. The Morgan fingerprint density at radius 3 is 2.74 bits per heavy atom. The van der Waals surface area contributed by atoms with Crippen molar-refractivity contribution >= 4 is 11.6 Å². The van der Waals surface area contributed by atoms with Gasteiger partial charge in [0.1, 0.15) is 5.69 Å². The highest BCUT2D eigenvalue weighted by Crippen LogP contribution is 2.13. The molecule has 1 saturated heterocycles. The maximum absolute atomic E-state index is 12.0. The van der Waals surface area contributed by atoms with Gasteiger partial charge in [-0.05, 0) is 12.1 Å². The van der Waals surface area contributed by atoms with Crippen molar-refractivity contribution in [2.45, 2.75) is 6.43 Å². The molecule has 2 N–H and O–H groups in total. The van der Waals surface area contributed by atoms with Gasteiger partial charge < -0.3 is 15.5 Å². The molecule has 1 aliphatic heterocycles. The van der Waals surface area contributed by atoms with E-state index in [1.54, 1.807) is 18.3 Å². The van der Waals surface area contributed by atoms with Gasteiger partial charge in [-0.2, -0.15) is 0 Å². The number of piperazine rings is 1. The average Bonchev–Trinajstić information content (AvgIpc) is 2.46. The first-order valence-corrected chi connectivity index (χ1v) is 6.15. The Kier molecular flexibility index (Phi) is 4.62. The van der Waals surface area contributed by atoms with Gasteiger partial charge in [0.25, 0.3) is 12.3 Å². The molecule has 1 aromatic heterocycles. The summed E-state index contributed by atoms with van der Waals surface area (Å²) in [6, 6.07) is 3.34. The number of nitrogens with one attached hydrogen (secondary N) is 2. The number of nitrogens with zero attached hydrogens (tertiary/aromatic N) is 2. The molecule has 1 fully saturated rings. The zero-order chi connectivity index (χ0) is 13.7. The van der Waals surface area contributed by atoms with Crippen LogP contribution in [0.25, 0.3) is 0 Å². The van der Waals surface area contributed by atoms with E-state index in [2.05, 4.69) is 20.5 Å². The smallest absolute Gasteiger partial charge is 0.270 e. The molecule has 19 heavy (non-hydrogen) atoms. The van der Waals surface area contributed by atoms with Crippen LogP contribution in [0, 0.1) is 0 Å². The molecule has 0 unspecified atom stereocenters. The fourth-order valence-corrected chi connectivity index (χ4v) is 1.89. The fraction of sp³-hybridized carbons (Fsp3) is 0.500. The van der Waals surface area contributed by atoms with Crippen molar-refractivity contribution in [2.24, 2.45) is 0 Å². The van der Waals surface area contributed by atoms with E-state index in [4.69, 9.17) is 0 Å². The van der Waals surface area contributed by atoms with Crippen LogP contribution in [0.15, 0.2) is 18.3 Å². The normalized spacial score (nSPS) is 15.6. The lowest BCUT2D eigenvalue weighted by Crippen LogP contribution is -2.43. The Hall–Kier alpha value is -1.76. The highest BCUT2D eigenvalue weighted by molar-refractivity contribution is 5.92. The van der Waals surface area contributed by atoms with Gasteiger partial charge in [0, 0.05) is 26.2 Å². The average molecular weight is 270 g/mol. The Labute approximate surface area is 110 Å². The van der Waals surface area contributed by atoms with Crippen LogP contribution in [-0.4, -0.2) is 50.0 Å². The van der Waals surface area contributed by atoms with Crippen molar-refractivity contribution < 1.29 is 13.6 Å². The molecule has 1 aliphatic rings. The summed E-state index contributed by atoms with van der Waals surface area (Å²) in [5, 5.41) is 5.37. The van der Waals surface area contributed by atoms with Crippen molar-refractivity contribution in [3.05, 3.63) is 24.0 Å². The highest BCUT2D eigenvalue weighted by Gasteiger charge is 2.13. The van der Waals surface area contributed by atoms with E-state index in [0.29, 0.717) is 0 Å². The quantitative estimate of drug-likeness (QED) is 0.836. The minimum absolute atomic E-state index is 0.152. The summed E-state index contributed by atoms with van der Waals surface area (Å²) in [6.07, 6.45) is -0.952. The van der Waals surface area contributed by atoms with E-state index in [1.807, 2.05) is 0 Å². The third-order valence-corrected chi connectivity index (χ3v) is 2.88. The standard InChI is InChI=1S/C12H16F2N4O/c13-11(14)8-17-12(19)10-2-1-9(7-16-10)18-5-3-15-4-6-18/h1-2,7,11,15H,3-6,8H2,(H,17,19). The SMILES string of the molecule is O=C(NCC(F)F)c1ccc(N2CCNCC2)cn1. The summed E-state index contributed by atoms with van der Waals surface area (Å²) in [4.78, 5) is 17.7. The Balaban J connectivity index is 1.95. The number of amides is 1. The van der Waals surface area contributed by atoms with Crippen LogP contribution in [0.1, 0.15) is 10.5 Å². The van der Waals surface area contributed by atoms with Crippen LogP contribution < -0.4 is 15.5 Å². The van der Waals surface area contributed by atoms with Crippen molar-refractivity contribution in [3.8, 4) is 0 Å². The number of halogens is 2. The molecule has 1 aromatic rings. The topological polar surface area (TPSA) is 57.3 Å². The molecule has 2 rings (SSSR count). The van der Waals surface area contributed by atoms with Crippen LogP contribution in [-0.2, 0) is 0 Å². The molecule has 2 heterocycles. The monoisotopic (exact) mass is 270 g/mol. The molecule has 0 saturated carbocycles. The first-order chi connectivity index (χ1) is 9.16. The summed E-state index contributed by atoms with van der Waals surface area (Å²) in [7, 11) is 0. The molecule has 5 nitrogen and oxygen atoms in total. The number of hydrogen-bond donors (Lipinski definition) is 2. The zero-order valence-electron chi connectivity index (χ0n) is 10.4. The lowest BCUT2D eigenvalue weighted by Gasteiger charge is -2.29. The summed E-state index contributed by atoms with van der Waals surface area (Å²) >= 11 is 0. The predicted molar refractivity (Wildman–Crippen MR) is 67.7 cm³/mol. The molecule has 0 bridgehead atoms. The number of carbonyl (C=O) groups is 1. The van der Waals surface area contributed by atoms with Crippen LogP contribution >= 0.6 is 0 Å². The van der Waals surface area contributed by atoms with E-state index in [-0.39, 0.29) is 5.69 Å². The maximum Gasteiger partial charge on any atom is 0.270 e.